The summed E-state index contributed by atoms with van der Waals surface area (Å²) in [4.78, 5) is 13.4. The zero-order valence-electron chi connectivity index (χ0n) is 55.5. The summed E-state index contributed by atoms with van der Waals surface area (Å²) < 4.78 is 34.3. The summed E-state index contributed by atoms with van der Waals surface area (Å²) in [6.07, 6.45) is 45.7. The third-order valence-electron chi connectivity index (χ3n) is 16.6. The number of carbonyl (C=O) groups excluding carboxylic acids is 1. The van der Waals surface area contributed by atoms with Gasteiger partial charge in [0.25, 0.3) is 0 Å². The van der Waals surface area contributed by atoms with Crippen molar-refractivity contribution in [3.05, 3.63) is 122 Å². The van der Waals surface area contributed by atoms with Crippen LogP contribution in [0.5, 0.6) is 0 Å². The fourth-order valence-corrected chi connectivity index (χ4v) is 10.9. The smallest absolute Gasteiger partial charge is 0.220 e. The Kier molecular flexibility index (Phi) is 47.8. The fourth-order valence-electron chi connectivity index (χ4n) is 10.9. The van der Waals surface area contributed by atoms with Crippen molar-refractivity contribution in [1.82, 2.24) is 5.32 Å². The number of rotatable bonds is 51. The molecule has 3 fully saturated rings. The maximum atomic E-state index is 13.4. The Hall–Kier alpha value is -3.81. The summed E-state index contributed by atoms with van der Waals surface area (Å²) in [5.41, 5.74) is 0. The number of allylic oxidation sites excluding steroid dienone is 20. The molecule has 0 spiro atoms. The number of nitrogens with one attached hydrogen (secondary N) is 1. The first-order chi connectivity index (χ1) is 44.8. The number of amides is 1. The molecule has 0 aliphatic carbocycles. The van der Waals surface area contributed by atoms with Gasteiger partial charge in [-0.05, 0) is 89.9 Å². The van der Waals surface area contributed by atoms with E-state index in [1.807, 2.05) is 0 Å². The van der Waals surface area contributed by atoms with Crippen LogP contribution in [0.1, 0.15) is 200 Å². The zero-order chi connectivity index (χ0) is 66.8. The molecular weight excluding hydrogens is 1180 g/mol. The van der Waals surface area contributed by atoms with E-state index >= 15 is 0 Å². The Balaban J connectivity index is 1.42. The molecule has 3 heterocycles. The van der Waals surface area contributed by atoms with Crippen LogP contribution in [0.15, 0.2) is 122 Å². The van der Waals surface area contributed by atoms with Gasteiger partial charge < -0.3 is 89.9 Å². The molecule has 12 N–H and O–H groups in total. The number of unbranched alkanes of at least 4 members (excludes halogenated alkanes) is 15. The van der Waals surface area contributed by atoms with Gasteiger partial charge >= 0.3 is 0 Å². The molecule has 0 saturated carbocycles. The minimum atomic E-state index is -1.98. The molecule has 0 aromatic heterocycles. The molecule has 1 amide bonds. The van der Waals surface area contributed by atoms with Crippen LogP contribution in [0.25, 0.3) is 0 Å². The van der Waals surface area contributed by atoms with E-state index in [4.69, 9.17) is 28.4 Å². The first-order valence-corrected chi connectivity index (χ1v) is 34.8. The number of ether oxygens (including phenoxy) is 6. The average Bonchev–Trinajstić information content (AvgIpc) is 0.840. The monoisotopic (exact) mass is 1300 g/mol. The highest BCUT2D eigenvalue weighted by Crippen LogP contribution is 2.33. The molecule has 0 aromatic carbocycles. The van der Waals surface area contributed by atoms with Gasteiger partial charge in [-0.25, -0.2) is 0 Å². The van der Waals surface area contributed by atoms with E-state index in [9.17, 15) is 61.0 Å². The number of aliphatic hydroxyl groups is 11. The molecular formula is C73H121NO18. The van der Waals surface area contributed by atoms with Crippen LogP contribution >= 0.6 is 0 Å². The minimum absolute atomic E-state index is 0.203. The average molecular weight is 1300 g/mol. The van der Waals surface area contributed by atoms with Crippen LogP contribution in [-0.4, -0.2) is 193 Å². The molecule has 0 bridgehead atoms. The van der Waals surface area contributed by atoms with E-state index in [1.54, 1.807) is 0 Å². The summed E-state index contributed by atoms with van der Waals surface area (Å²) in [6.45, 7) is 1.62. The minimum Gasteiger partial charge on any atom is -0.394 e. The lowest BCUT2D eigenvalue weighted by molar-refractivity contribution is -0.379. The highest BCUT2D eigenvalue weighted by atomic mass is 16.8. The van der Waals surface area contributed by atoms with Crippen LogP contribution in [0, 0.1) is 0 Å². The van der Waals surface area contributed by atoms with Crippen molar-refractivity contribution in [2.45, 2.75) is 304 Å². The van der Waals surface area contributed by atoms with Crippen molar-refractivity contribution < 1.29 is 89.4 Å². The van der Waals surface area contributed by atoms with Crippen molar-refractivity contribution >= 4 is 5.91 Å². The molecule has 3 aliphatic rings. The normalized spacial score (nSPS) is 28.5. The quantitative estimate of drug-likeness (QED) is 0.0199. The van der Waals surface area contributed by atoms with Crippen molar-refractivity contribution in [2.24, 2.45) is 0 Å². The summed E-state index contributed by atoms with van der Waals surface area (Å²) in [5.74, 6) is -0.291. The van der Waals surface area contributed by atoms with E-state index in [-0.39, 0.29) is 18.9 Å². The van der Waals surface area contributed by atoms with Gasteiger partial charge in [-0.3, -0.25) is 4.79 Å². The maximum Gasteiger partial charge on any atom is 0.220 e. The standard InChI is InChI=1S/C73H121NO18/c1-3-5-7-9-11-13-15-17-19-20-21-22-23-24-25-26-27-28-29-30-31-32-33-34-35-36-37-39-41-43-45-47-49-51-61(79)74-56(57(78)50-48-46-44-42-40-38-18-16-14-12-10-8-6-4-2)55-87-71-67(85)64(82)69(59(53-76)89-71)92-73-68(86)65(83)70(60(54-77)90-73)91-72-66(84)63(81)62(80)58(52-75)88-72/h5,7,11,13,17,19,21-22,24-25,27-28,30-31,33-34,36-37,41,43,56-60,62-73,75-78,80-86H,3-4,6,8-10,12,14-16,18,20,23,26,29,32,35,38-40,42,44-55H2,1-2H3,(H,74,79)/b7-5-,13-11-,19-17-,22-21-,25-24-,28-27-,31-30-,34-33-,37-36-,43-41-. The predicted octanol–water partition coefficient (Wildman–Crippen LogP) is 9.21. The van der Waals surface area contributed by atoms with Gasteiger partial charge in [0, 0.05) is 6.42 Å². The van der Waals surface area contributed by atoms with Crippen LogP contribution in [-0.2, 0) is 33.2 Å². The van der Waals surface area contributed by atoms with Gasteiger partial charge in [0.2, 0.25) is 5.91 Å². The van der Waals surface area contributed by atoms with Crippen molar-refractivity contribution in [3.63, 3.8) is 0 Å². The number of hydrogen-bond donors (Lipinski definition) is 12. The Morgan fingerprint density at radius 3 is 1.15 bits per heavy atom. The summed E-state index contributed by atoms with van der Waals surface area (Å²) in [6, 6.07) is -0.920. The van der Waals surface area contributed by atoms with Crippen molar-refractivity contribution in [3.8, 4) is 0 Å². The number of carbonyl (C=O) groups is 1. The van der Waals surface area contributed by atoms with Crippen LogP contribution < -0.4 is 5.32 Å². The molecule has 0 radical (unpaired) electrons. The topological polar surface area (TPSA) is 307 Å². The first kappa shape index (κ1) is 82.4. The second kappa shape index (κ2) is 53.3. The summed E-state index contributed by atoms with van der Waals surface area (Å²) >= 11 is 0. The number of aliphatic hydroxyl groups excluding tert-OH is 11. The Morgan fingerprint density at radius 2 is 0.750 bits per heavy atom. The highest BCUT2D eigenvalue weighted by molar-refractivity contribution is 5.76. The molecule has 3 rings (SSSR count). The largest absolute Gasteiger partial charge is 0.394 e. The van der Waals surface area contributed by atoms with Crippen molar-refractivity contribution in [2.75, 3.05) is 26.4 Å². The highest BCUT2D eigenvalue weighted by Gasteiger charge is 2.53. The Morgan fingerprint density at radius 1 is 0.402 bits per heavy atom. The Bertz CT molecular complexity index is 2140. The number of hydrogen-bond acceptors (Lipinski definition) is 18. The third-order valence-corrected chi connectivity index (χ3v) is 16.6. The lowest BCUT2D eigenvalue weighted by atomic mass is 9.96. The van der Waals surface area contributed by atoms with E-state index in [1.165, 1.54) is 64.2 Å². The van der Waals surface area contributed by atoms with Crippen molar-refractivity contribution in [1.29, 1.82) is 0 Å². The van der Waals surface area contributed by atoms with Gasteiger partial charge in [0.15, 0.2) is 18.9 Å². The third kappa shape index (κ3) is 34.7. The second-order valence-electron chi connectivity index (χ2n) is 24.3. The molecule has 3 aliphatic heterocycles. The van der Waals surface area contributed by atoms with Gasteiger partial charge in [-0.2, -0.15) is 0 Å². The maximum absolute atomic E-state index is 13.4. The molecule has 19 heteroatoms. The van der Waals surface area contributed by atoms with Gasteiger partial charge in [-0.15, -0.1) is 0 Å². The SMILES string of the molecule is CC/C=C\C/C=C\C/C=C\C/C=C\C/C=C\C/C=C\C/C=C\C/C=C\C/C=C\C/C=C\CCCCC(=O)NC(COC1OC(CO)C(OC2OC(CO)C(OC3OC(CO)C(O)C(O)C3O)C(O)C2O)C(O)C1O)C(O)CCCCCCCCCCCCCCCC. The zero-order valence-corrected chi connectivity index (χ0v) is 55.5. The van der Waals surface area contributed by atoms with Crippen LogP contribution in [0.2, 0.25) is 0 Å². The predicted molar refractivity (Wildman–Crippen MR) is 360 cm³/mol. The summed E-state index contributed by atoms with van der Waals surface area (Å²) in [5, 5.41) is 121. The molecule has 3 saturated heterocycles. The van der Waals surface area contributed by atoms with E-state index < -0.39 is 124 Å². The van der Waals surface area contributed by atoms with E-state index in [2.05, 4.69) is 141 Å². The van der Waals surface area contributed by atoms with E-state index in [0.29, 0.717) is 19.3 Å². The van der Waals surface area contributed by atoms with Crippen LogP contribution in [0.3, 0.4) is 0 Å². The van der Waals surface area contributed by atoms with E-state index in [0.717, 1.165) is 96.3 Å². The molecule has 526 valence electrons. The summed E-state index contributed by atoms with van der Waals surface area (Å²) in [7, 11) is 0. The lowest BCUT2D eigenvalue weighted by Gasteiger charge is -2.48. The Labute approximate surface area is 550 Å². The molecule has 17 atom stereocenters. The molecule has 17 unspecified atom stereocenters. The molecule has 92 heavy (non-hydrogen) atoms. The molecule has 0 aromatic rings. The van der Waals surface area contributed by atoms with Gasteiger partial charge in [0.05, 0.1) is 38.6 Å². The van der Waals surface area contributed by atoms with Gasteiger partial charge in [-0.1, -0.05) is 225 Å². The second-order valence-corrected chi connectivity index (χ2v) is 24.3. The fraction of sp³-hybridized carbons (Fsp3) is 0.712. The van der Waals surface area contributed by atoms with Crippen LogP contribution in [0.4, 0.5) is 0 Å². The van der Waals surface area contributed by atoms with Gasteiger partial charge in [0.1, 0.15) is 73.2 Å². The molecule has 19 nitrogen and oxygen atoms in total. The first-order valence-electron chi connectivity index (χ1n) is 34.8. The lowest BCUT2D eigenvalue weighted by Crippen LogP contribution is -2.66.